The Bertz CT molecular complexity index is 1140. The summed E-state index contributed by atoms with van der Waals surface area (Å²) in [6.45, 7) is 9.11. The number of aryl methyl sites for hydroxylation is 1. The number of nitrogens with two attached hydrogens (primary N) is 1. The van der Waals surface area contributed by atoms with Crippen LogP contribution in [0.1, 0.15) is 45.0 Å². The summed E-state index contributed by atoms with van der Waals surface area (Å²) in [4.78, 5) is 26.4. The first kappa shape index (κ1) is 20.3. The van der Waals surface area contributed by atoms with Crippen molar-refractivity contribution in [1.29, 1.82) is 0 Å². The summed E-state index contributed by atoms with van der Waals surface area (Å²) in [5.41, 5.74) is 8.93. The fourth-order valence-electron chi connectivity index (χ4n) is 4.26. The number of fused-ring (bicyclic) bond motifs is 3. The van der Waals surface area contributed by atoms with Crippen LogP contribution in [0, 0.1) is 6.92 Å². The van der Waals surface area contributed by atoms with Gasteiger partial charge in [0, 0.05) is 19.3 Å². The molecule has 3 aromatic rings. The van der Waals surface area contributed by atoms with E-state index in [-0.39, 0.29) is 5.41 Å². The third-order valence-corrected chi connectivity index (χ3v) is 6.01. The SMILES string of the molecule is Cc1nc2c(N)nc3c(C(C)(C)C)ccnc3c2n1CC1(O)CCN(C(=O)O)CC1. The van der Waals surface area contributed by atoms with Crippen LogP contribution in [0.3, 0.4) is 0 Å². The van der Waals surface area contributed by atoms with Crippen LogP contribution in [0.25, 0.3) is 22.1 Å². The number of nitrogens with zero attached hydrogens (tertiary/aromatic N) is 5. The third kappa shape index (κ3) is 3.32. The zero-order valence-corrected chi connectivity index (χ0v) is 17.8. The Kier molecular flexibility index (Phi) is 4.61. The van der Waals surface area contributed by atoms with Gasteiger partial charge in [-0.2, -0.15) is 0 Å². The summed E-state index contributed by atoms with van der Waals surface area (Å²) in [5, 5.41) is 20.4. The van der Waals surface area contributed by atoms with Crippen molar-refractivity contribution in [3.8, 4) is 0 Å². The molecule has 3 aromatic heterocycles. The molecule has 30 heavy (non-hydrogen) atoms. The van der Waals surface area contributed by atoms with Crippen molar-refractivity contribution in [3.63, 3.8) is 0 Å². The number of rotatable bonds is 2. The summed E-state index contributed by atoms with van der Waals surface area (Å²) in [6.07, 6.45) is 1.53. The average Bonchev–Trinajstić information content (AvgIpc) is 2.98. The molecule has 1 aliphatic heterocycles. The van der Waals surface area contributed by atoms with Gasteiger partial charge in [0.05, 0.1) is 17.7 Å². The number of aromatic nitrogens is 4. The number of piperidine rings is 1. The van der Waals surface area contributed by atoms with Crippen LogP contribution in [0.5, 0.6) is 0 Å². The van der Waals surface area contributed by atoms with Gasteiger partial charge in [0.1, 0.15) is 22.4 Å². The molecule has 0 radical (unpaired) electrons. The second kappa shape index (κ2) is 6.80. The van der Waals surface area contributed by atoms with Crippen molar-refractivity contribution < 1.29 is 15.0 Å². The monoisotopic (exact) mass is 412 g/mol. The Morgan fingerprint density at radius 2 is 1.87 bits per heavy atom. The number of amides is 1. The highest BCUT2D eigenvalue weighted by Gasteiger charge is 2.35. The van der Waals surface area contributed by atoms with Crippen molar-refractivity contribution in [2.75, 3.05) is 18.8 Å². The van der Waals surface area contributed by atoms with Gasteiger partial charge in [-0.1, -0.05) is 20.8 Å². The van der Waals surface area contributed by atoms with Crippen LogP contribution < -0.4 is 5.73 Å². The van der Waals surface area contributed by atoms with Crippen LogP contribution >= 0.6 is 0 Å². The molecule has 0 aromatic carbocycles. The van der Waals surface area contributed by atoms with Gasteiger partial charge >= 0.3 is 6.09 Å². The molecule has 4 heterocycles. The summed E-state index contributed by atoms with van der Waals surface area (Å²) in [5.74, 6) is 1.05. The van der Waals surface area contributed by atoms with Gasteiger partial charge in [0.2, 0.25) is 0 Å². The zero-order chi connectivity index (χ0) is 21.8. The molecule has 0 saturated carbocycles. The molecule has 1 amide bonds. The smallest absolute Gasteiger partial charge is 0.407 e. The number of anilines is 1. The second-order valence-corrected chi connectivity index (χ2v) is 9.24. The fraction of sp³-hybridized carbons (Fsp3) is 0.524. The molecule has 0 atom stereocenters. The molecule has 0 unspecified atom stereocenters. The largest absolute Gasteiger partial charge is 0.465 e. The summed E-state index contributed by atoms with van der Waals surface area (Å²) >= 11 is 0. The fourth-order valence-corrected chi connectivity index (χ4v) is 4.26. The lowest BCUT2D eigenvalue weighted by Gasteiger charge is -2.37. The zero-order valence-electron chi connectivity index (χ0n) is 17.8. The predicted octanol–water partition coefficient (Wildman–Crippen LogP) is 2.67. The van der Waals surface area contributed by atoms with Gasteiger partial charge in [0.25, 0.3) is 0 Å². The molecule has 160 valence electrons. The molecular weight excluding hydrogens is 384 g/mol. The first-order valence-corrected chi connectivity index (χ1v) is 10.1. The van der Waals surface area contributed by atoms with Gasteiger partial charge in [-0.15, -0.1) is 0 Å². The van der Waals surface area contributed by atoms with Crippen LogP contribution in [0.2, 0.25) is 0 Å². The Morgan fingerprint density at radius 3 is 2.47 bits per heavy atom. The lowest BCUT2D eigenvalue weighted by Crippen LogP contribution is -2.48. The van der Waals surface area contributed by atoms with Gasteiger partial charge in [-0.05, 0) is 36.8 Å². The van der Waals surface area contributed by atoms with E-state index < -0.39 is 11.7 Å². The lowest BCUT2D eigenvalue weighted by atomic mass is 9.86. The van der Waals surface area contributed by atoms with E-state index in [4.69, 9.17) is 5.73 Å². The van der Waals surface area contributed by atoms with Gasteiger partial charge in [0.15, 0.2) is 5.82 Å². The number of aliphatic hydroxyl groups is 1. The summed E-state index contributed by atoms with van der Waals surface area (Å²) < 4.78 is 1.95. The van der Waals surface area contributed by atoms with E-state index in [1.807, 2.05) is 17.6 Å². The van der Waals surface area contributed by atoms with Crippen molar-refractivity contribution in [2.24, 2.45) is 0 Å². The number of likely N-dealkylation sites (tertiary alicyclic amines) is 1. The first-order valence-electron chi connectivity index (χ1n) is 10.1. The molecule has 0 bridgehead atoms. The highest BCUT2D eigenvalue weighted by Crippen LogP contribution is 2.35. The maximum absolute atomic E-state index is 11.2. The Balaban J connectivity index is 1.85. The molecule has 1 fully saturated rings. The topological polar surface area (TPSA) is 130 Å². The van der Waals surface area contributed by atoms with Gasteiger partial charge < -0.3 is 25.4 Å². The van der Waals surface area contributed by atoms with Crippen LogP contribution in [0.15, 0.2) is 12.3 Å². The average molecular weight is 412 g/mol. The standard InChI is InChI=1S/C21H28N6O3/c1-12-24-16-17(27(12)11-21(30)6-9-26(10-7-21)19(28)29)15-14(25-18(16)22)13(5-8-23-15)20(2,3)4/h5,8,30H,6-7,9-11H2,1-4H3,(H2,22,25)(H,28,29). The number of pyridine rings is 2. The maximum atomic E-state index is 11.2. The van der Waals surface area contributed by atoms with Crippen molar-refractivity contribution in [1.82, 2.24) is 24.4 Å². The van der Waals surface area contributed by atoms with E-state index in [9.17, 15) is 15.0 Å². The molecule has 1 saturated heterocycles. The first-order chi connectivity index (χ1) is 14.0. The Labute approximate surface area is 174 Å². The van der Waals surface area contributed by atoms with Crippen molar-refractivity contribution in [2.45, 2.75) is 58.1 Å². The van der Waals surface area contributed by atoms with Crippen molar-refractivity contribution >= 4 is 34.0 Å². The number of carboxylic acid groups (broad SMARTS) is 1. The highest BCUT2D eigenvalue weighted by molar-refractivity contribution is 6.05. The Morgan fingerprint density at radius 1 is 1.20 bits per heavy atom. The van der Waals surface area contributed by atoms with E-state index in [1.54, 1.807) is 6.20 Å². The lowest BCUT2D eigenvalue weighted by molar-refractivity contribution is -0.0292. The van der Waals surface area contributed by atoms with Gasteiger partial charge in [-0.25, -0.2) is 14.8 Å². The minimum atomic E-state index is -1.03. The highest BCUT2D eigenvalue weighted by atomic mass is 16.4. The maximum Gasteiger partial charge on any atom is 0.407 e. The van der Waals surface area contributed by atoms with Gasteiger partial charge in [-0.3, -0.25) is 4.98 Å². The molecule has 4 N–H and O–H groups in total. The van der Waals surface area contributed by atoms with E-state index in [0.29, 0.717) is 55.2 Å². The Hall–Kier alpha value is -2.94. The molecule has 0 spiro atoms. The summed E-state index contributed by atoms with van der Waals surface area (Å²) in [6, 6.07) is 1.96. The third-order valence-electron chi connectivity index (χ3n) is 6.01. The summed E-state index contributed by atoms with van der Waals surface area (Å²) in [7, 11) is 0. The molecule has 9 nitrogen and oxygen atoms in total. The normalized spacial score (nSPS) is 17.0. The van der Waals surface area contributed by atoms with E-state index in [0.717, 1.165) is 16.6 Å². The molecule has 9 heteroatoms. The number of hydrogen-bond acceptors (Lipinski definition) is 6. The number of nitrogen functional groups attached to an aromatic ring is 1. The quantitative estimate of drug-likeness (QED) is 0.590. The van der Waals surface area contributed by atoms with Crippen LogP contribution in [0.4, 0.5) is 10.6 Å². The van der Waals surface area contributed by atoms with E-state index in [2.05, 4.69) is 35.7 Å². The second-order valence-electron chi connectivity index (χ2n) is 9.24. The minimum absolute atomic E-state index is 0.143. The van der Waals surface area contributed by atoms with Crippen LogP contribution in [-0.2, 0) is 12.0 Å². The van der Waals surface area contributed by atoms with Crippen LogP contribution in [-0.4, -0.2) is 59.4 Å². The number of hydrogen-bond donors (Lipinski definition) is 3. The molecular formula is C21H28N6O3. The molecule has 4 rings (SSSR count). The predicted molar refractivity (Wildman–Crippen MR) is 114 cm³/mol. The van der Waals surface area contributed by atoms with Crippen molar-refractivity contribution in [3.05, 3.63) is 23.7 Å². The molecule has 1 aliphatic rings. The number of imidazole rings is 1. The molecule has 0 aliphatic carbocycles. The van der Waals surface area contributed by atoms with E-state index >= 15 is 0 Å². The minimum Gasteiger partial charge on any atom is -0.465 e. The number of carbonyl (C=O) groups is 1. The van der Waals surface area contributed by atoms with E-state index in [1.165, 1.54) is 4.90 Å².